The van der Waals surface area contributed by atoms with Crippen molar-refractivity contribution in [3.63, 3.8) is 0 Å². The second kappa shape index (κ2) is 7.31. The molecule has 1 fully saturated rings. The second-order valence-corrected chi connectivity index (χ2v) is 7.60. The molecule has 1 amide bonds. The SMILES string of the molecule is O=C1C2CC(c3ccc(F)cc3)NN2C=NN1Cc1nc(-c2ccc3c(c2)OCO3)no1. The van der Waals surface area contributed by atoms with Crippen LogP contribution in [-0.2, 0) is 11.3 Å². The number of hydrazine groups is 1. The molecule has 2 atom stereocenters. The molecule has 3 aromatic rings. The Kier molecular flexibility index (Phi) is 4.28. The minimum absolute atomic E-state index is 0.0540. The molecule has 2 unspecified atom stereocenters. The van der Waals surface area contributed by atoms with Crippen molar-refractivity contribution in [2.24, 2.45) is 5.10 Å². The lowest BCUT2D eigenvalue weighted by Crippen LogP contribution is -2.50. The smallest absolute Gasteiger partial charge is 0.267 e. The lowest BCUT2D eigenvalue weighted by molar-refractivity contribution is -0.137. The second-order valence-electron chi connectivity index (χ2n) is 7.60. The van der Waals surface area contributed by atoms with Crippen LogP contribution < -0.4 is 14.9 Å². The van der Waals surface area contributed by atoms with Crippen molar-refractivity contribution >= 4 is 12.2 Å². The first-order valence-corrected chi connectivity index (χ1v) is 10.0. The fourth-order valence-electron chi connectivity index (χ4n) is 3.96. The fraction of sp³-hybridized carbons (Fsp3) is 0.238. The quantitative estimate of drug-likeness (QED) is 0.664. The molecule has 0 radical (unpaired) electrons. The number of aromatic nitrogens is 2. The Balaban J connectivity index is 1.15. The zero-order chi connectivity index (χ0) is 21.7. The van der Waals surface area contributed by atoms with E-state index in [1.54, 1.807) is 35.6 Å². The average molecular weight is 436 g/mol. The standard InChI is InChI=1S/C21H17FN6O4/c22-14-4-1-12(2-5-14)15-8-16-21(29)27(23-10-28(16)25-15)9-19-24-20(26-32-19)13-3-6-17-18(7-13)31-11-30-17/h1-7,10,15-16,25H,8-9,11H2. The Morgan fingerprint density at radius 2 is 1.97 bits per heavy atom. The number of carbonyl (C=O) groups excluding carboxylic acids is 1. The molecular weight excluding hydrogens is 419 g/mol. The summed E-state index contributed by atoms with van der Waals surface area (Å²) in [7, 11) is 0. The van der Waals surface area contributed by atoms with Gasteiger partial charge >= 0.3 is 0 Å². The first-order valence-electron chi connectivity index (χ1n) is 10.0. The Bertz CT molecular complexity index is 1210. The Morgan fingerprint density at radius 3 is 2.84 bits per heavy atom. The van der Waals surface area contributed by atoms with E-state index >= 15 is 0 Å². The van der Waals surface area contributed by atoms with Crippen LogP contribution in [0.1, 0.15) is 23.9 Å². The van der Waals surface area contributed by atoms with Gasteiger partial charge in [-0.2, -0.15) is 10.1 Å². The van der Waals surface area contributed by atoms with Gasteiger partial charge in [-0.25, -0.2) is 14.8 Å². The van der Waals surface area contributed by atoms with Crippen molar-refractivity contribution in [1.82, 2.24) is 25.6 Å². The number of ether oxygens (including phenoxy) is 2. The summed E-state index contributed by atoms with van der Waals surface area (Å²) in [5.74, 6) is 1.44. The molecule has 3 aliphatic heterocycles. The van der Waals surface area contributed by atoms with E-state index in [0.29, 0.717) is 29.3 Å². The van der Waals surface area contributed by atoms with Crippen LogP contribution in [0.4, 0.5) is 4.39 Å². The largest absolute Gasteiger partial charge is 0.454 e. The van der Waals surface area contributed by atoms with Gasteiger partial charge in [-0.1, -0.05) is 17.3 Å². The molecule has 0 aliphatic carbocycles. The van der Waals surface area contributed by atoms with Gasteiger partial charge in [0.2, 0.25) is 18.5 Å². The molecular formula is C21H17FN6O4. The lowest BCUT2D eigenvalue weighted by Gasteiger charge is -2.29. The van der Waals surface area contributed by atoms with E-state index in [0.717, 1.165) is 5.56 Å². The summed E-state index contributed by atoms with van der Waals surface area (Å²) in [6.07, 6.45) is 2.09. The number of nitrogens with one attached hydrogen (secondary N) is 1. The van der Waals surface area contributed by atoms with Crippen LogP contribution in [0.25, 0.3) is 11.4 Å². The maximum atomic E-state index is 13.2. The van der Waals surface area contributed by atoms with E-state index in [-0.39, 0.29) is 37.0 Å². The third-order valence-corrected chi connectivity index (χ3v) is 5.61. The number of benzene rings is 2. The van der Waals surface area contributed by atoms with Gasteiger partial charge < -0.3 is 14.0 Å². The molecule has 32 heavy (non-hydrogen) atoms. The third-order valence-electron chi connectivity index (χ3n) is 5.61. The highest BCUT2D eigenvalue weighted by atomic mass is 19.1. The van der Waals surface area contributed by atoms with Crippen molar-refractivity contribution in [2.45, 2.75) is 25.0 Å². The summed E-state index contributed by atoms with van der Waals surface area (Å²) in [6.45, 7) is 0.235. The third kappa shape index (κ3) is 3.23. The minimum Gasteiger partial charge on any atom is -0.454 e. The number of hydrazone groups is 1. The predicted molar refractivity (Wildman–Crippen MR) is 107 cm³/mol. The summed E-state index contributed by atoms with van der Waals surface area (Å²) >= 11 is 0. The van der Waals surface area contributed by atoms with Gasteiger partial charge in [0, 0.05) is 5.56 Å². The van der Waals surface area contributed by atoms with Gasteiger partial charge in [-0.15, -0.1) is 0 Å². The van der Waals surface area contributed by atoms with Crippen molar-refractivity contribution in [3.05, 3.63) is 59.7 Å². The fourth-order valence-corrected chi connectivity index (χ4v) is 3.96. The van der Waals surface area contributed by atoms with Crippen molar-refractivity contribution in [1.29, 1.82) is 0 Å². The number of hydrogen-bond donors (Lipinski definition) is 1. The molecule has 0 saturated carbocycles. The number of halogens is 1. The van der Waals surface area contributed by atoms with E-state index in [2.05, 4.69) is 20.7 Å². The van der Waals surface area contributed by atoms with Crippen LogP contribution in [0.3, 0.4) is 0 Å². The number of rotatable bonds is 4. The molecule has 0 spiro atoms. The van der Waals surface area contributed by atoms with Crippen LogP contribution in [0.15, 0.2) is 52.1 Å². The van der Waals surface area contributed by atoms with E-state index in [4.69, 9.17) is 14.0 Å². The van der Waals surface area contributed by atoms with Gasteiger partial charge in [-0.3, -0.25) is 9.80 Å². The molecule has 0 bridgehead atoms. The molecule has 1 saturated heterocycles. The first kappa shape index (κ1) is 18.8. The summed E-state index contributed by atoms with van der Waals surface area (Å²) in [4.78, 5) is 17.4. The highest BCUT2D eigenvalue weighted by molar-refractivity contribution is 5.87. The maximum Gasteiger partial charge on any atom is 0.267 e. The van der Waals surface area contributed by atoms with Gasteiger partial charge in [0.1, 0.15) is 24.7 Å². The molecule has 6 rings (SSSR count). The molecule has 11 heteroatoms. The number of amides is 1. The number of fused-ring (bicyclic) bond motifs is 2. The van der Waals surface area contributed by atoms with Gasteiger partial charge in [0.25, 0.3) is 5.91 Å². The Labute approximate surface area is 181 Å². The van der Waals surface area contributed by atoms with Gasteiger partial charge in [0.15, 0.2) is 11.5 Å². The molecule has 162 valence electrons. The van der Waals surface area contributed by atoms with Crippen LogP contribution in [0.5, 0.6) is 11.5 Å². The molecule has 4 heterocycles. The van der Waals surface area contributed by atoms with Crippen molar-refractivity contribution in [3.8, 4) is 22.9 Å². The molecule has 3 aliphatic rings. The number of hydrogen-bond acceptors (Lipinski definition) is 9. The van der Waals surface area contributed by atoms with Crippen LogP contribution >= 0.6 is 0 Å². The monoisotopic (exact) mass is 436 g/mol. The van der Waals surface area contributed by atoms with E-state index in [1.807, 2.05) is 6.07 Å². The Hall–Kier alpha value is -3.99. The zero-order valence-corrected chi connectivity index (χ0v) is 16.6. The number of nitrogens with zero attached hydrogens (tertiary/aromatic N) is 5. The van der Waals surface area contributed by atoms with Crippen LogP contribution in [0, 0.1) is 5.82 Å². The van der Waals surface area contributed by atoms with E-state index in [9.17, 15) is 9.18 Å². The molecule has 1 N–H and O–H groups in total. The molecule has 10 nitrogen and oxygen atoms in total. The van der Waals surface area contributed by atoms with E-state index in [1.165, 1.54) is 17.1 Å². The van der Waals surface area contributed by atoms with Gasteiger partial charge in [-0.05, 0) is 42.3 Å². The molecule has 1 aromatic heterocycles. The summed E-state index contributed by atoms with van der Waals surface area (Å²) < 4.78 is 29.2. The summed E-state index contributed by atoms with van der Waals surface area (Å²) in [5.41, 5.74) is 4.85. The zero-order valence-electron chi connectivity index (χ0n) is 16.6. The Morgan fingerprint density at radius 1 is 1.12 bits per heavy atom. The average Bonchev–Trinajstić information content (AvgIpc) is 3.55. The van der Waals surface area contributed by atoms with Crippen molar-refractivity contribution < 1.29 is 23.2 Å². The highest BCUT2D eigenvalue weighted by Crippen LogP contribution is 2.35. The summed E-state index contributed by atoms with van der Waals surface area (Å²) in [6, 6.07) is 11.1. The molecule has 2 aromatic carbocycles. The van der Waals surface area contributed by atoms with Crippen LogP contribution in [0.2, 0.25) is 0 Å². The summed E-state index contributed by atoms with van der Waals surface area (Å²) in [5, 5.41) is 11.2. The first-order chi connectivity index (χ1) is 15.6. The van der Waals surface area contributed by atoms with Gasteiger partial charge in [0.05, 0.1) is 6.04 Å². The van der Waals surface area contributed by atoms with Crippen molar-refractivity contribution in [2.75, 3.05) is 6.79 Å². The number of carbonyl (C=O) groups is 1. The lowest BCUT2D eigenvalue weighted by atomic mass is 10.0. The normalized spacial score (nSPS) is 21.3. The topological polar surface area (TPSA) is 105 Å². The van der Waals surface area contributed by atoms with E-state index < -0.39 is 6.04 Å². The van der Waals surface area contributed by atoms with Crippen LogP contribution in [-0.4, -0.2) is 45.2 Å². The highest BCUT2D eigenvalue weighted by Gasteiger charge is 2.41. The minimum atomic E-state index is -0.432. The maximum absolute atomic E-state index is 13.2. The predicted octanol–water partition coefficient (Wildman–Crippen LogP) is 2.21.